The average molecular weight is 360 g/mol. The van der Waals surface area contributed by atoms with Crippen LogP contribution in [0.2, 0.25) is 0 Å². The molecule has 6 heteroatoms. The number of fused-ring (bicyclic) bond motifs is 1. The van der Waals surface area contributed by atoms with Gasteiger partial charge in [0, 0.05) is 42.9 Å². The first kappa shape index (κ1) is 17.2. The number of nitrogens with one attached hydrogen (secondary N) is 3. The molecule has 6 nitrogen and oxygen atoms in total. The number of aromatic nitrogens is 2. The second-order valence-electron chi connectivity index (χ2n) is 6.63. The molecule has 1 aliphatic rings. The van der Waals surface area contributed by atoms with E-state index in [1.165, 1.54) is 6.92 Å². The standard InChI is InChI=1S/C21H20N4O2/c1-13(26)24-19-10-15(7-8-23-19)21-16(9-14-5-3-2-4-6-14)20-17(25-21)11-22-12-18(20)27/h2-8,10,22,25H,9,11-12H2,1H3,(H,23,24,26). The van der Waals surface area contributed by atoms with Crippen LogP contribution in [0.4, 0.5) is 5.82 Å². The number of ketones is 1. The van der Waals surface area contributed by atoms with Crippen LogP contribution >= 0.6 is 0 Å². The molecule has 0 aliphatic carbocycles. The molecule has 0 bridgehead atoms. The number of H-pyrrole nitrogens is 1. The Morgan fingerprint density at radius 3 is 2.78 bits per heavy atom. The molecule has 0 spiro atoms. The zero-order valence-electron chi connectivity index (χ0n) is 15.0. The normalized spacial score (nSPS) is 13.3. The summed E-state index contributed by atoms with van der Waals surface area (Å²) < 4.78 is 0. The highest BCUT2D eigenvalue weighted by Gasteiger charge is 2.26. The molecule has 3 heterocycles. The molecule has 1 amide bonds. The van der Waals surface area contributed by atoms with Crippen molar-refractivity contribution in [3.8, 4) is 11.3 Å². The van der Waals surface area contributed by atoms with Crippen LogP contribution in [0.5, 0.6) is 0 Å². The quantitative estimate of drug-likeness (QED) is 0.668. The van der Waals surface area contributed by atoms with Gasteiger partial charge in [0.25, 0.3) is 0 Å². The number of hydrogen-bond acceptors (Lipinski definition) is 4. The van der Waals surface area contributed by atoms with Gasteiger partial charge in [0.2, 0.25) is 5.91 Å². The Hall–Kier alpha value is -3.25. The Bertz CT molecular complexity index is 1010. The lowest BCUT2D eigenvalue weighted by atomic mass is 9.94. The summed E-state index contributed by atoms with van der Waals surface area (Å²) in [4.78, 5) is 31.6. The third-order valence-electron chi connectivity index (χ3n) is 4.62. The van der Waals surface area contributed by atoms with Crippen LogP contribution in [0, 0.1) is 0 Å². The predicted octanol–water partition coefficient (Wildman–Crippen LogP) is 2.91. The maximum Gasteiger partial charge on any atom is 0.222 e. The number of carbonyl (C=O) groups excluding carboxylic acids is 2. The lowest BCUT2D eigenvalue weighted by Crippen LogP contribution is -2.29. The molecule has 2 aromatic heterocycles. The SMILES string of the molecule is CC(=O)Nc1cc(-c2[nH]c3c(c2Cc2ccccc2)C(=O)CNC3)ccn1. The van der Waals surface area contributed by atoms with Crippen LogP contribution in [0.15, 0.2) is 48.7 Å². The monoisotopic (exact) mass is 360 g/mol. The van der Waals surface area contributed by atoms with Crippen molar-refractivity contribution in [2.24, 2.45) is 0 Å². The number of pyridine rings is 1. The third kappa shape index (κ3) is 3.52. The smallest absolute Gasteiger partial charge is 0.222 e. The molecule has 27 heavy (non-hydrogen) atoms. The number of nitrogens with zero attached hydrogens (tertiary/aromatic N) is 1. The van der Waals surface area contributed by atoms with Gasteiger partial charge in [0.15, 0.2) is 5.78 Å². The zero-order valence-corrected chi connectivity index (χ0v) is 15.0. The van der Waals surface area contributed by atoms with Crippen molar-refractivity contribution in [1.29, 1.82) is 0 Å². The van der Waals surface area contributed by atoms with Gasteiger partial charge in [-0.1, -0.05) is 30.3 Å². The second kappa shape index (κ2) is 7.17. The Balaban J connectivity index is 1.83. The minimum Gasteiger partial charge on any atom is -0.356 e. The van der Waals surface area contributed by atoms with Crippen LogP contribution in [0.25, 0.3) is 11.3 Å². The van der Waals surface area contributed by atoms with Gasteiger partial charge in [-0.2, -0.15) is 0 Å². The molecule has 0 unspecified atom stereocenters. The maximum atomic E-state index is 12.6. The Labute approximate surface area is 157 Å². The highest BCUT2D eigenvalue weighted by atomic mass is 16.1. The lowest BCUT2D eigenvalue weighted by molar-refractivity contribution is -0.114. The van der Waals surface area contributed by atoms with E-state index < -0.39 is 0 Å². The van der Waals surface area contributed by atoms with E-state index in [9.17, 15) is 9.59 Å². The second-order valence-corrected chi connectivity index (χ2v) is 6.63. The van der Waals surface area contributed by atoms with Gasteiger partial charge in [-0.25, -0.2) is 4.98 Å². The van der Waals surface area contributed by atoms with Crippen molar-refractivity contribution in [2.75, 3.05) is 11.9 Å². The summed E-state index contributed by atoms with van der Waals surface area (Å²) in [7, 11) is 0. The lowest BCUT2D eigenvalue weighted by Gasteiger charge is -2.13. The maximum absolute atomic E-state index is 12.6. The topological polar surface area (TPSA) is 86.9 Å². The first-order valence-electron chi connectivity index (χ1n) is 8.87. The van der Waals surface area contributed by atoms with Crippen LogP contribution in [0.3, 0.4) is 0 Å². The summed E-state index contributed by atoms with van der Waals surface area (Å²) in [5.74, 6) is 0.415. The van der Waals surface area contributed by atoms with E-state index in [0.29, 0.717) is 25.3 Å². The molecule has 1 aromatic carbocycles. The molecule has 0 radical (unpaired) electrons. The molecule has 1 aliphatic heterocycles. The van der Waals surface area contributed by atoms with Crippen LogP contribution in [-0.2, 0) is 17.8 Å². The average Bonchev–Trinajstić information content (AvgIpc) is 3.02. The zero-order chi connectivity index (χ0) is 18.8. The van der Waals surface area contributed by atoms with Gasteiger partial charge >= 0.3 is 0 Å². The molecule has 0 fully saturated rings. The van der Waals surface area contributed by atoms with E-state index in [1.54, 1.807) is 6.20 Å². The fourth-order valence-corrected chi connectivity index (χ4v) is 3.51. The number of anilines is 1. The summed E-state index contributed by atoms with van der Waals surface area (Å²) in [5, 5.41) is 5.85. The summed E-state index contributed by atoms with van der Waals surface area (Å²) >= 11 is 0. The van der Waals surface area contributed by atoms with Crippen molar-refractivity contribution in [3.63, 3.8) is 0 Å². The number of amides is 1. The van der Waals surface area contributed by atoms with E-state index in [4.69, 9.17) is 0 Å². The van der Waals surface area contributed by atoms with Crippen LogP contribution in [-0.4, -0.2) is 28.2 Å². The fraction of sp³-hybridized carbons (Fsp3) is 0.190. The summed E-state index contributed by atoms with van der Waals surface area (Å²) in [6, 6.07) is 13.8. The Morgan fingerprint density at radius 2 is 2.00 bits per heavy atom. The molecular weight excluding hydrogens is 340 g/mol. The van der Waals surface area contributed by atoms with Gasteiger partial charge in [-0.3, -0.25) is 9.59 Å². The minimum absolute atomic E-state index is 0.0980. The van der Waals surface area contributed by atoms with Gasteiger partial charge in [-0.05, 0) is 23.3 Å². The molecule has 3 N–H and O–H groups in total. The summed E-state index contributed by atoms with van der Waals surface area (Å²) in [5.41, 5.74) is 5.61. The first-order valence-corrected chi connectivity index (χ1v) is 8.87. The van der Waals surface area contributed by atoms with E-state index in [-0.39, 0.29) is 11.7 Å². The van der Waals surface area contributed by atoms with Gasteiger partial charge in [0.05, 0.1) is 12.2 Å². The molecule has 4 rings (SSSR count). The number of rotatable bonds is 4. The molecule has 0 atom stereocenters. The van der Waals surface area contributed by atoms with Crippen molar-refractivity contribution in [2.45, 2.75) is 19.9 Å². The molecule has 0 saturated heterocycles. The number of Topliss-reactive ketones (excluding diaryl/α,β-unsaturated/α-hetero) is 1. The van der Waals surface area contributed by atoms with Crippen molar-refractivity contribution >= 4 is 17.5 Å². The highest BCUT2D eigenvalue weighted by molar-refractivity contribution is 6.03. The molecule has 3 aromatic rings. The van der Waals surface area contributed by atoms with E-state index in [2.05, 4.69) is 32.7 Å². The van der Waals surface area contributed by atoms with Crippen LogP contribution in [0.1, 0.15) is 34.1 Å². The summed E-state index contributed by atoms with van der Waals surface area (Å²) in [6.45, 7) is 2.43. The van der Waals surface area contributed by atoms with Crippen molar-refractivity contribution in [1.82, 2.24) is 15.3 Å². The molecule has 136 valence electrons. The van der Waals surface area contributed by atoms with E-state index in [1.807, 2.05) is 30.3 Å². The Kier molecular flexibility index (Phi) is 4.56. The number of hydrogen-bond donors (Lipinski definition) is 3. The molecule has 0 saturated carbocycles. The van der Waals surface area contributed by atoms with Crippen molar-refractivity contribution in [3.05, 3.63) is 71.0 Å². The first-order chi connectivity index (χ1) is 13.1. The van der Waals surface area contributed by atoms with Gasteiger partial charge in [-0.15, -0.1) is 0 Å². The third-order valence-corrected chi connectivity index (χ3v) is 4.62. The highest BCUT2D eigenvalue weighted by Crippen LogP contribution is 2.32. The van der Waals surface area contributed by atoms with Crippen molar-refractivity contribution < 1.29 is 9.59 Å². The van der Waals surface area contributed by atoms with E-state index >= 15 is 0 Å². The fourth-order valence-electron chi connectivity index (χ4n) is 3.51. The number of aromatic amines is 1. The van der Waals surface area contributed by atoms with Gasteiger partial charge < -0.3 is 15.6 Å². The molecular formula is C21H20N4O2. The largest absolute Gasteiger partial charge is 0.356 e. The van der Waals surface area contributed by atoms with E-state index in [0.717, 1.165) is 33.6 Å². The Morgan fingerprint density at radius 1 is 1.19 bits per heavy atom. The minimum atomic E-state index is -0.172. The van der Waals surface area contributed by atoms with Crippen LogP contribution < -0.4 is 10.6 Å². The number of carbonyl (C=O) groups is 2. The summed E-state index contributed by atoms with van der Waals surface area (Å²) in [6.07, 6.45) is 2.32. The number of benzene rings is 1. The predicted molar refractivity (Wildman–Crippen MR) is 104 cm³/mol. The van der Waals surface area contributed by atoms with Gasteiger partial charge in [0.1, 0.15) is 5.82 Å².